The minimum absolute atomic E-state index is 0.441. The van der Waals surface area contributed by atoms with E-state index in [1.165, 1.54) is 11.8 Å². The topological polar surface area (TPSA) is 37.4 Å². The van der Waals surface area contributed by atoms with Crippen molar-refractivity contribution < 1.29 is 9.59 Å². The summed E-state index contributed by atoms with van der Waals surface area (Å²) in [4.78, 5) is 23.9. The van der Waals surface area contributed by atoms with Gasteiger partial charge in [-0.1, -0.05) is 25.1 Å². The Morgan fingerprint density at radius 3 is 2.40 bits per heavy atom. The van der Waals surface area contributed by atoms with Crippen LogP contribution in [0.2, 0.25) is 0 Å². The monoisotopic (exact) mass is 205 g/mol. The zero-order chi connectivity index (χ0) is 11.4. The molecule has 0 aliphatic rings. The van der Waals surface area contributed by atoms with E-state index in [9.17, 15) is 9.59 Å². The van der Waals surface area contributed by atoms with E-state index in [1.807, 2.05) is 31.2 Å². The molecule has 0 heterocycles. The highest BCUT2D eigenvalue weighted by atomic mass is 16.2. The third-order valence-electron chi connectivity index (χ3n) is 2.34. The number of anilines is 1. The second-order valence-electron chi connectivity index (χ2n) is 3.40. The van der Waals surface area contributed by atoms with E-state index in [0.717, 1.165) is 17.7 Å². The molecule has 80 valence electrons. The Morgan fingerprint density at radius 2 is 1.87 bits per heavy atom. The Kier molecular flexibility index (Phi) is 3.61. The van der Waals surface area contributed by atoms with Crippen LogP contribution in [0.4, 0.5) is 5.69 Å². The molecule has 15 heavy (non-hydrogen) atoms. The van der Waals surface area contributed by atoms with E-state index >= 15 is 0 Å². The van der Waals surface area contributed by atoms with Crippen molar-refractivity contribution in [3.8, 4) is 0 Å². The van der Waals surface area contributed by atoms with Crippen LogP contribution < -0.4 is 4.90 Å². The molecule has 0 bridgehead atoms. The lowest BCUT2D eigenvalue weighted by Crippen LogP contribution is -2.32. The number of para-hydroxylation sites is 1. The highest BCUT2D eigenvalue weighted by molar-refractivity contribution is 6.40. The SMILES string of the molecule is CCc1ccccc1N(C)C(=O)C(C)=O. The number of hydrogen-bond acceptors (Lipinski definition) is 2. The first-order valence-corrected chi connectivity index (χ1v) is 4.94. The number of hydrogen-bond donors (Lipinski definition) is 0. The average Bonchev–Trinajstić information content (AvgIpc) is 2.26. The minimum Gasteiger partial charge on any atom is -0.309 e. The van der Waals surface area contributed by atoms with Crippen molar-refractivity contribution in [3.05, 3.63) is 29.8 Å². The maximum atomic E-state index is 11.5. The minimum atomic E-state index is -0.476. The van der Waals surface area contributed by atoms with Crippen LogP contribution in [-0.4, -0.2) is 18.7 Å². The molecular formula is C12H15NO2. The molecule has 0 atom stereocenters. The number of carbonyl (C=O) groups is 2. The first kappa shape index (κ1) is 11.4. The molecule has 0 aromatic heterocycles. The van der Waals surface area contributed by atoms with Gasteiger partial charge in [0, 0.05) is 19.7 Å². The largest absolute Gasteiger partial charge is 0.309 e. The van der Waals surface area contributed by atoms with Crippen LogP contribution in [0.25, 0.3) is 0 Å². The van der Waals surface area contributed by atoms with E-state index in [2.05, 4.69) is 0 Å². The van der Waals surface area contributed by atoms with E-state index in [-0.39, 0.29) is 0 Å². The Morgan fingerprint density at radius 1 is 1.27 bits per heavy atom. The second kappa shape index (κ2) is 4.73. The third kappa shape index (κ3) is 2.43. The van der Waals surface area contributed by atoms with E-state index in [0.29, 0.717) is 0 Å². The lowest BCUT2D eigenvalue weighted by molar-refractivity contribution is -0.134. The molecule has 0 aliphatic carbocycles. The van der Waals surface area contributed by atoms with Crippen LogP contribution in [-0.2, 0) is 16.0 Å². The Hall–Kier alpha value is -1.64. The van der Waals surface area contributed by atoms with Gasteiger partial charge in [0.05, 0.1) is 0 Å². The van der Waals surface area contributed by atoms with Crippen LogP contribution in [0.1, 0.15) is 19.4 Å². The van der Waals surface area contributed by atoms with Gasteiger partial charge in [0.2, 0.25) is 5.78 Å². The molecule has 0 unspecified atom stereocenters. The molecule has 0 N–H and O–H groups in total. The summed E-state index contributed by atoms with van der Waals surface area (Å²) >= 11 is 0. The number of amides is 1. The number of ketones is 1. The molecule has 0 aliphatic heterocycles. The third-order valence-corrected chi connectivity index (χ3v) is 2.34. The zero-order valence-corrected chi connectivity index (χ0v) is 9.28. The van der Waals surface area contributed by atoms with Crippen molar-refractivity contribution in [1.29, 1.82) is 0 Å². The summed E-state index contributed by atoms with van der Waals surface area (Å²) in [7, 11) is 1.62. The van der Waals surface area contributed by atoms with Gasteiger partial charge in [0.1, 0.15) is 0 Å². The molecule has 0 fully saturated rings. The van der Waals surface area contributed by atoms with Crippen LogP contribution >= 0.6 is 0 Å². The lowest BCUT2D eigenvalue weighted by atomic mass is 10.1. The number of nitrogens with zero attached hydrogens (tertiary/aromatic N) is 1. The first-order valence-electron chi connectivity index (χ1n) is 4.94. The smallest absolute Gasteiger partial charge is 0.293 e. The number of rotatable bonds is 3. The number of Topliss-reactive ketones (excluding diaryl/α,β-unsaturated/α-hetero) is 1. The summed E-state index contributed by atoms with van der Waals surface area (Å²) in [6.45, 7) is 3.30. The summed E-state index contributed by atoms with van der Waals surface area (Å²) in [6, 6.07) is 7.59. The van der Waals surface area contributed by atoms with Crippen LogP contribution in [0, 0.1) is 0 Å². The van der Waals surface area contributed by atoms with Gasteiger partial charge >= 0.3 is 0 Å². The molecule has 3 heteroatoms. The summed E-state index contributed by atoms with van der Waals surface area (Å²) in [5, 5.41) is 0. The number of aryl methyl sites for hydroxylation is 1. The molecular weight excluding hydrogens is 190 g/mol. The van der Waals surface area contributed by atoms with Gasteiger partial charge in [-0.3, -0.25) is 9.59 Å². The molecule has 1 amide bonds. The van der Waals surface area contributed by atoms with Crippen molar-refractivity contribution in [2.75, 3.05) is 11.9 Å². The van der Waals surface area contributed by atoms with E-state index in [4.69, 9.17) is 0 Å². The summed E-state index contributed by atoms with van der Waals surface area (Å²) < 4.78 is 0. The molecule has 1 rings (SSSR count). The van der Waals surface area contributed by atoms with Gasteiger partial charge in [-0.2, -0.15) is 0 Å². The molecule has 3 nitrogen and oxygen atoms in total. The van der Waals surface area contributed by atoms with Gasteiger partial charge in [-0.15, -0.1) is 0 Å². The first-order chi connectivity index (χ1) is 7.07. The summed E-state index contributed by atoms with van der Waals surface area (Å²) in [6.07, 6.45) is 0.839. The average molecular weight is 205 g/mol. The van der Waals surface area contributed by atoms with Crippen molar-refractivity contribution in [2.24, 2.45) is 0 Å². The predicted molar refractivity (Wildman–Crippen MR) is 59.9 cm³/mol. The van der Waals surface area contributed by atoms with Crippen LogP contribution in [0.3, 0.4) is 0 Å². The number of carbonyl (C=O) groups excluding carboxylic acids is 2. The standard InChI is InChI=1S/C12H15NO2/c1-4-10-7-5-6-8-11(10)13(3)12(15)9(2)14/h5-8H,4H2,1-3H3. The van der Waals surface area contributed by atoms with Gasteiger partial charge in [0.25, 0.3) is 5.91 Å². The van der Waals surface area contributed by atoms with E-state index < -0.39 is 11.7 Å². The Balaban J connectivity index is 3.05. The maximum absolute atomic E-state index is 11.5. The van der Waals surface area contributed by atoms with Crippen molar-refractivity contribution in [1.82, 2.24) is 0 Å². The predicted octanol–water partition coefficient (Wildman–Crippen LogP) is 1.80. The highest BCUT2D eigenvalue weighted by Crippen LogP contribution is 2.19. The zero-order valence-electron chi connectivity index (χ0n) is 9.28. The van der Waals surface area contributed by atoms with E-state index in [1.54, 1.807) is 7.05 Å². The highest BCUT2D eigenvalue weighted by Gasteiger charge is 2.16. The number of benzene rings is 1. The molecule has 0 saturated heterocycles. The fourth-order valence-corrected chi connectivity index (χ4v) is 1.48. The van der Waals surface area contributed by atoms with Gasteiger partial charge in [-0.05, 0) is 18.1 Å². The summed E-state index contributed by atoms with van der Waals surface area (Å²) in [5.74, 6) is -0.917. The summed E-state index contributed by atoms with van der Waals surface area (Å²) in [5.41, 5.74) is 1.87. The second-order valence-corrected chi connectivity index (χ2v) is 3.40. The van der Waals surface area contributed by atoms with Crippen LogP contribution in [0.15, 0.2) is 24.3 Å². The van der Waals surface area contributed by atoms with Gasteiger partial charge < -0.3 is 4.90 Å². The quantitative estimate of drug-likeness (QED) is 0.706. The van der Waals surface area contributed by atoms with Crippen molar-refractivity contribution >= 4 is 17.4 Å². The van der Waals surface area contributed by atoms with Crippen molar-refractivity contribution in [2.45, 2.75) is 20.3 Å². The van der Waals surface area contributed by atoms with Gasteiger partial charge in [0.15, 0.2) is 0 Å². The fourth-order valence-electron chi connectivity index (χ4n) is 1.48. The molecule has 0 spiro atoms. The molecule has 1 aromatic rings. The maximum Gasteiger partial charge on any atom is 0.293 e. The number of likely N-dealkylation sites (N-methyl/N-ethyl adjacent to an activating group) is 1. The molecule has 1 aromatic carbocycles. The van der Waals surface area contributed by atoms with Crippen molar-refractivity contribution in [3.63, 3.8) is 0 Å². The van der Waals surface area contributed by atoms with Gasteiger partial charge in [-0.25, -0.2) is 0 Å². The normalized spacial score (nSPS) is 9.80. The molecule has 0 radical (unpaired) electrons. The lowest BCUT2D eigenvalue weighted by Gasteiger charge is -2.18. The molecule has 0 saturated carbocycles. The Bertz CT molecular complexity index is 385. The Labute approximate surface area is 89.7 Å². The van der Waals surface area contributed by atoms with Crippen LogP contribution in [0.5, 0.6) is 0 Å². The fraction of sp³-hybridized carbons (Fsp3) is 0.333.